The molecule has 1 aliphatic rings. The molecule has 0 spiro atoms. The molecular formula is C17H15N2O4S+. The predicted octanol–water partition coefficient (Wildman–Crippen LogP) is 2.28. The number of phenolic OH excluding ortho intramolecular Hbond substituents is 1. The summed E-state index contributed by atoms with van der Waals surface area (Å²) in [6, 6.07) is 9.57. The molecule has 1 N–H and O–H groups in total. The highest BCUT2D eigenvalue weighted by atomic mass is 32.2. The van der Waals surface area contributed by atoms with Crippen molar-refractivity contribution in [1.82, 2.24) is 0 Å². The van der Waals surface area contributed by atoms with E-state index < -0.39 is 10.1 Å². The van der Waals surface area contributed by atoms with Gasteiger partial charge in [-0.15, -0.1) is 0 Å². The SMILES string of the molecule is Cc1ccc(OS(=O)(=O)C2=c3ccc([N+]#N)c(O)c3=CCC2)cc1. The Labute approximate surface area is 139 Å². The third-order valence-corrected chi connectivity index (χ3v) is 5.29. The second kappa shape index (κ2) is 5.98. The van der Waals surface area contributed by atoms with Crippen molar-refractivity contribution in [3.8, 4) is 11.5 Å². The highest BCUT2D eigenvalue weighted by molar-refractivity contribution is 7.96. The summed E-state index contributed by atoms with van der Waals surface area (Å²) < 4.78 is 30.5. The summed E-state index contributed by atoms with van der Waals surface area (Å²) in [6.07, 6.45) is 2.42. The van der Waals surface area contributed by atoms with Gasteiger partial charge in [-0.25, -0.2) is 0 Å². The monoisotopic (exact) mass is 343 g/mol. The molecule has 0 saturated carbocycles. The zero-order chi connectivity index (χ0) is 17.3. The molecule has 3 rings (SSSR count). The minimum absolute atomic E-state index is 0.0110. The van der Waals surface area contributed by atoms with E-state index in [-0.39, 0.29) is 28.5 Å². The molecule has 24 heavy (non-hydrogen) atoms. The number of aryl methyl sites for hydroxylation is 1. The van der Waals surface area contributed by atoms with E-state index in [0.717, 1.165) is 5.56 Å². The van der Waals surface area contributed by atoms with Gasteiger partial charge in [-0.1, -0.05) is 23.8 Å². The van der Waals surface area contributed by atoms with Gasteiger partial charge < -0.3 is 9.29 Å². The lowest BCUT2D eigenvalue weighted by Gasteiger charge is -2.13. The first kappa shape index (κ1) is 16.0. The van der Waals surface area contributed by atoms with Gasteiger partial charge in [-0.2, -0.15) is 8.42 Å². The van der Waals surface area contributed by atoms with Crippen LogP contribution < -0.4 is 14.6 Å². The summed E-state index contributed by atoms with van der Waals surface area (Å²) in [6.45, 7) is 1.90. The van der Waals surface area contributed by atoms with E-state index in [1.54, 1.807) is 30.3 Å². The average molecular weight is 343 g/mol. The molecule has 2 aromatic carbocycles. The van der Waals surface area contributed by atoms with Gasteiger partial charge >= 0.3 is 15.8 Å². The maximum atomic E-state index is 12.6. The molecule has 1 aliphatic carbocycles. The molecule has 7 heteroatoms. The predicted molar refractivity (Wildman–Crippen MR) is 89.9 cm³/mol. The van der Waals surface area contributed by atoms with Crippen molar-refractivity contribution < 1.29 is 17.7 Å². The Bertz CT molecular complexity index is 1070. The number of phenols is 1. The molecule has 0 saturated heterocycles. The second-order valence-electron chi connectivity index (χ2n) is 5.51. The summed E-state index contributed by atoms with van der Waals surface area (Å²) in [5.41, 5.74) is 0.985. The van der Waals surface area contributed by atoms with E-state index in [1.807, 2.05) is 6.92 Å². The first-order valence-electron chi connectivity index (χ1n) is 7.34. The largest absolute Gasteiger partial charge is 0.501 e. The molecule has 2 aromatic rings. The van der Waals surface area contributed by atoms with Crippen LogP contribution in [0.3, 0.4) is 0 Å². The number of diazo groups is 1. The average Bonchev–Trinajstić information content (AvgIpc) is 2.57. The van der Waals surface area contributed by atoms with Gasteiger partial charge in [0.15, 0.2) is 4.98 Å². The summed E-state index contributed by atoms with van der Waals surface area (Å²) in [5.74, 6) is -0.0202. The molecular weight excluding hydrogens is 328 g/mol. The van der Waals surface area contributed by atoms with E-state index in [0.29, 0.717) is 16.9 Å². The van der Waals surface area contributed by atoms with Crippen molar-refractivity contribution in [3.05, 3.63) is 57.4 Å². The highest BCUT2D eigenvalue weighted by Gasteiger charge is 2.25. The third kappa shape index (κ3) is 2.84. The molecule has 0 bridgehead atoms. The number of nitrogens with zero attached hydrogens (tertiary/aromatic N) is 2. The molecule has 6 nitrogen and oxygen atoms in total. The molecule has 0 radical (unpaired) electrons. The quantitative estimate of drug-likeness (QED) is 0.682. The van der Waals surface area contributed by atoms with Gasteiger partial charge in [0.1, 0.15) is 5.75 Å². The van der Waals surface area contributed by atoms with Crippen LogP contribution in [0.2, 0.25) is 0 Å². The van der Waals surface area contributed by atoms with Gasteiger partial charge in [-0.3, -0.25) is 0 Å². The lowest BCUT2D eigenvalue weighted by Crippen LogP contribution is -2.33. The van der Waals surface area contributed by atoms with E-state index in [4.69, 9.17) is 9.58 Å². The summed E-state index contributed by atoms with van der Waals surface area (Å²) in [5, 5.41) is 19.7. The minimum Gasteiger partial charge on any atom is -0.501 e. The van der Waals surface area contributed by atoms with Crippen LogP contribution in [-0.2, 0) is 10.1 Å². The Morgan fingerprint density at radius 3 is 2.54 bits per heavy atom. The topological polar surface area (TPSA) is 91.8 Å². The molecule has 0 fully saturated rings. The van der Waals surface area contributed by atoms with E-state index in [2.05, 4.69) is 4.98 Å². The molecule has 0 unspecified atom stereocenters. The van der Waals surface area contributed by atoms with E-state index >= 15 is 0 Å². The van der Waals surface area contributed by atoms with E-state index in [9.17, 15) is 13.5 Å². The second-order valence-corrected chi connectivity index (χ2v) is 7.08. The van der Waals surface area contributed by atoms with Gasteiger partial charge in [0.25, 0.3) is 0 Å². The van der Waals surface area contributed by atoms with Gasteiger partial charge in [0.05, 0.1) is 4.91 Å². The van der Waals surface area contributed by atoms with Gasteiger partial charge in [0.2, 0.25) is 11.1 Å². The Morgan fingerprint density at radius 2 is 1.88 bits per heavy atom. The van der Waals surface area contributed by atoms with Crippen LogP contribution in [0.5, 0.6) is 11.5 Å². The normalized spacial score (nSPS) is 13.6. The van der Waals surface area contributed by atoms with Crippen LogP contribution in [0.25, 0.3) is 16.0 Å². The standard InChI is InChI=1S/C17H14N2O4S/c1-11-5-7-12(8-6-11)23-24(21,22)16-4-2-3-14-13(16)9-10-15(19-18)17(14)20/h3,5-10H,2,4H2,1H3/p+1. The first-order chi connectivity index (χ1) is 11.4. The fourth-order valence-corrected chi connectivity index (χ4v) is 3.92. The van der Waals surface area contributed by atoms with Gasteiger partial charge in [-0.05, 0) is 38.0 Å². The Morgan fingerprint density at radius 1 is 1.17 bits per heavy atom. The lowest BCUT2D eigenvalue weighted by atomic mass is 10.1. The van der Waals surface area contributed by atoms with Crippen LogP contribution in [0, 0.1) is 12.3 Å². The Kier molecular flexibility index (Phi) is 3.99. The zero-order valence-electron chi connectivity index (χ0n) is 12.9. The number of aromatic hydroxyl groups is 1. The van der Waals surface area contributed by atoms with E-state index in [1.165, 1.54) is 12.1 Å². The summed E-state index contributed by atoms with van der Waals surface area (Å²) in [4.78, 5) is 3.08. The number of hydrogen-bond donors (Lipinski definition) is 1. The first-order valence-corrected chi connectivity index (χ1v) is 8.75. The van der Waals surface area contributed by atoms with Crippen molar-refractivity contribution in [1.29, 1.82) is 5.39 Å². The van der Waals surface area contributed by atoms with Gasteiger partial charge in [0, 0.05) is 16.5 Å². The van der Waals surface area contributed by atoms with Crippen molar-refractivity contribution in [2.45, 2.75) is 19.8 Å². The fraction of sp³-hybridized carbons (Fsp3) is 0.176. The van der Waals surface area contributed by atoms with Crippen molar-refractivity contribution in [3.63, 3.8) is 0 Å². The fourth-order valence-electron chi connectivity index (χ4n) is 2.64. The molecule has 0 aromatic heterocycles. The van der Waals surface area contributed by atoms with Crippen molar-refractivity contribution >= 4 is 26.8 Å². The van der Waals surface area contributed by atoms with Crippen LogP contribution >= 0.6 is 0 Å². The van der Waals surface area contributed by atoms with Crippen LogP contribution in [0.4, 0.5) is 5.69 Å². The number of rotatable bonds is 3. The lowest BCUT2D eigenvalue weighted by molar-refractivity contribution is 0.473. The Balaban J connectivity index is 2.15. The molecule has 0 amide bonds. The number of fused-ring (bicyclic) bond motifs is 1. The minimum atomic E-state index is -4.01. The molecule has 0 aliphatic heterocycles. The smallest absolute Gasteiger partial charge is 0.426 e. The zero-order valence-corrected chi connectivity index (χ0v) is 13.7. The Hall–Kier alpha value is -2.85. The summed E-state index contributed by atoms with van der Waals surface area (Å²) >= 11 is 0. The highest BCUT2D eigenvalue weighted by Crippen LogP contribution is 2.25. The number of benzene rings is 2. The van der Waals surface area contributed by atoms with Crippen LogP contribution in [-0.4, -0.2) is 13.5 Å². The molecule has 122 valence electrons. The maximum Gasteiger partial charge on any atom is 0.426 e. The number of hydrogen-bond acceptors (Lipinski definition) is 5. The maximum absolute atomic E-state index is 12.6. The van der Waals surface area contributed by atoms with Crippen molar-refractivity contribution in [2.75, 3.05) is 0 Å². The van der Waals surface area contributed by atoms with Crippen LogP contribution in [0.1, 0.15) is 18.4 Å². The summed E-state index contributed by atoms with van der Waals surface area (Å²) in [7, 11) is -4.01. The molecule has 0 heterocycles. The van der Waals surface area contributed by atoms with Crippen LogP contribution in [0.15, 0.2) is 36.4 Å². The molecule has 0 atom stereocenters. The van der Waals surface area contributed by atoms with Crippen molar-refractivity contribution in [2.24, 2.45) is 0 Å². The third-order valence-electron chi connectivity index (χ3n) is 3.85.